The fourth-order valence-corrected chi connectivity index (χ4v) is 3.15. The number of rotatable bonds is 5. The molecule has 2 N–H and O–H groups in total. The van der Waals surface area contributed by atoms with Gasteiger partial charge in [-0.15, -0.1) is 11.3 Å². The van der Waals surface area contributed by atoms with Gasteiger partial charge in [-0.1, -0.05) is 35.9 Å². The summed E-state index contributed by atoms with van der Waals surface area (Å²) in [7, 11) is 0. The molecule has 108 valence electrons. The van der Waals surface area contributed by atoms with Crippen LogP contribution in [0.2, 0.25) is 5.02 Å². The number of thiophene rings is 1. The van der Waals surface area contributed by atoms with E-state index in [1.807, 2.05) is 35.7 Å². The normalized spacial score (nSPS) is 12.5. The third-order valence-electron chi connectivity index (χ3n) is 3.36. The Hall–Kier alpha value is -1.62. The van der Waals surface area contributed by atoms with Gasteiger partial charge < -0.3 is 9.73 Å². The van der Waals surface area contributed by atoms with Gasteiger partial charge in [0.05, 0.1) is 4.88 Å². The molecule has 1 atom stereocenters. The second-order valence-electron chi connectivity index (χ2n) is 4.87. The SMILES string of the molecule is C[C@H]([NH2+]Cc1coc(-c2cccs2)n1)c1ccccc1Cl. The number of hydrogen-bond acceptors (Lipinski definition) is 3. The van der Waals surface area contributed by atoms with Crippen LogP contribution in [0.1, 0.15) is 24.2 Å². The first-order valence-electron chi connectivity index (χ1n) is 6.80. The average Bonchev–Trinajstić information content (AvgIpc) is 3.16. The molecule has 0 amide bonds. The van der Waals surface area contributed by atoms with Crippen LogP contribution in [0.15, 0.2) is 52.5 Å². The summed E-state index contributed by atoms with van der Waals surface area (Å²) >= 11 is 7.85. The Morgan fingerprint density at radius 2 is 2.14 bits per heavy atom. The molecule has 0 saturated heterocycles. The smallest absolute Gasteiger partial charge is 0.236 e. The van der Waals surface area contributed by atoms with Crippen molar-refractivity contribution in [3.05, 3.63) is 64.3 Å². The molecule has 0 spiro atoms. The van der Waals surface area contributed by atoms with E-state index in [1.165, 1.54) is 0 Å². The molecule has 0 aliphatic carbocycles. The summed E-state index contributed by atoms with van der Waals surface area (Å²) in [4.78, 5) is 5.58. The Balaban J connectivity index is 1.64. The van der Waals surface area contributed by atoms with E-state index in [1.54, 1.807) is 17.6 Å². The molecule has 0 saturated carbocycles. The van der Waals surface area contributed by atoms with Crippen molar-refractivity contribution in [3.63, 3.8) is 0 Å². The first-order chi connectivity index (χ1) is 10.2. The molecule has 0 unspecified atom stereocenters. The maximum absolute atomic E-state index is 6.22. The predicted octanol–water partition coefficient (Wildman–Crippen LogP) is 3.88. The average molecular weight is 320 g/mol. The third kappa shape index (κ3) is 3.35. The van der Waals surface area contributed by atoms with Gasteiger partial charge in [-0.05, 0) is 24.4 Å². The molecule has 5 heteroatoms. The minimum absolute atomic E-state index is 0.278. The van der Waals surface area contributed by atoms with E-state index in [2.05, 4.69) is 23.3 Å². The number of quaternary nitrogens is 1. The summed E-state index contributed by atoms with van der Waals surface area (Å²) in [5.74, 6) is 0.693. The zero-order chi connectivity index (χ0) is 14.7. The van der Waals surface area contributed by atoms with E-state index < -0.39 is 0 Å². The molecule has 0 bridgehead atoms. The Morgan fingerprint density at radius 3 is 2.90 bits per heavy atom. The fourth-order valence-electron chi connectivity index (χ4n) is 2.18. The number of halogens is 1. The van der Waals surface area contributed by atoms with Crippen molar-refractivity contribution in [3.8, 4) is 10.8 Å². The van der Waals surface area contributed by atoms with Crippen molar-refractivity contribution in [2.75, 3.05) is 0 Å². The lowest BCUT2D eigenvalue weighted by Crippen LogP contribution is -2.83. The van der Waals surface area contributed by atoms with E-state index in [-0.39, 0.29) is 6.04 Å². The molecule has 0 aliphatic rings. The van der Waals surface area contributed by atoms with E-state index in [0.29, 0.717) is 5.89 Å². The van der Waals surface area contributed by atoms with Crippen molar-refractivity contribution in [2.24, 2.45) is 0 Å². The highest BCUT2D eigenvalue weighted by atomic mass is 35.5. The first kappa shape index (κ1) is 14.3. The van der Waals surface area contributed by atoms with Crippen molar-refractivity contribution in [2.45, 2.75) is 19.5 Å². The van der Waals surface area contributed by atoms with Crippen LogP contribution >= 0.6 is 22.9 Å². The summed E-state index contributed by atoms with van der Waals surface area (Å²) in [6.45, 7) is 2.91. The molecular weight excluding hydrogens is 304 g/mol. The summed E-state index contributed by atoms with van der Waals surface area (Å²) < 4.78 is 5.52. The van der Waals surface area contributed by atoms with E-state index in [4.69, 9.17) is 16.0 Å². The predicted molar refractivity (Wildman–Crippen MR) is 85.3 cm³/mol. The van der Waals surface area contributed by atoms with Gasteiger partial charge >= 0.3 is 0 Å². The molecule has 3 nitrogen and oxygen atoms in total. The number of aromatic nitrogens is 1. The maximum Gasteiger partial charge on any atom is 0.236 e. The molecule has 3 rings (SSSR count). The fraction of sp³-hybridized carbons (Fsp3) is 0.188. The third-order valence-corrected chi connectivity index (χ3v) is 4.56. The van der Waals surface area contributed by atoms with Crippen LogP contribution in [0, 0.1) is 0 Å². The second-order valence-corrected chi connectivity index (χ2v) is 6.23. The first-order valence-corrected chi connectivity index (χ1v) is 8.06. The summed E-state index contributed by atoms with van der Waals surface area (Å²) in [6.07, 6.45) is 1.73. The van der Waals surface area contributed by atoms with E-state index in [0.717, 1.165) is 27.7 Å². The Kier molecular flexibility index (Phi) is 4.39. The van der Waals surface area contributed by atoms with E-state index >= 15 is 0 Å². The molecule has 0 fully saturated rings. The summed E-state index contributed by atoms with van der Waals surface area (Å²) in [5.41, 5.74) is 2.08. The molecule has 3 aromatic rings. The topological polar surface area (TPSA) is 42.6 Å². The lowest BCUT2D eigenvalue weighted by Gasteiger charge is -2.11. The molecule has 0 radical (unpaired) electrons. The van der Waals surface area contributed by atoms with Gasteiger partial charge in [-0.25, -0.2) is 4.98 Å². The van der Waals surface area contributed by atoms with Crippen LogP contribution in [-0.4, -0.2) is 4.98 Å². The van der Waals surface area contributed by atoms with Gasteiger partial charge in [-0.2, -0.15) is 0 Å². The van der Waals surface area contributed by atoms with Crippen molar-refractivity contribution in [1.82, 2.24) is 4.98 Å². The Labute approximate surface area is 132 Å². The minimum atomic E-state index is 0.278. The van der Waals surface area contributed by atoms with Gasteiger partial charge in [0, 0.05) is 10.6 Å². The molecule has 21 heavy (non-hydrogen) atoms. The van der Waals surface area contributed by atoms with E-state index in [9.17, 15) is 0 Å². The highest BCUT2D eigenvalue weighted by Gasteiger charge is 2.14. The summed E-state index contributed by atoms with van der Waals surface area (Å²) in [5, 5.41) is 5.03. The molecule has 1 aromatic carbocycles. The van der Waals surface area contributed by atoms with Gasteiger partial charge in [0.15, 0.2) is 0 Å². The van der Waals surface area contributed by atoms with Crippen LogP contribution in [-0.2, 0) is 6.54 Å². The van der Waals surface area contributed by atoms with Crippen molar-refractivity contribution >= 4 is 22.9 Å². The zero-order valence-corrected chi connectivity index (χ0v) is 13.2. The lowest BCUT2D eigenvalue weighted by atomic mass is 10.1. The number of nitrogens with zero attached hydrogens (tertiary/aromatic N) is 1. The van der Waals surface area contributed by atoms with Crippen LogP contribution in [0.3, 0.4) is 0 Å². The highest BCUT2D eigenvalue weighted by molar-refractivity contribution is 7.13. The highest BCUT2D eigenvalue weighted by Crippen LogP contribution is 2.23. The lowest BCUT2D eigenvalue weighted by molar-refractivity contribution is -0.708. The van der Waals surface area contributed by atoms with Crippen LogP contribution in [0.5, 0.6) is 0 Å². The standard InChI is InChI=1S/C16H15ClN2OS/c1-11(13-5-2-3-6-14(13)17)18-9-12-10-20-16(19-12)15-7-4-8-21-15/h2-8,10-11,18H,9H2,1H3/p+1/t11-/m0/s1. The number of hydrogen-bond donors (Lipinski definition) is 1. The second kappa shape index (κ2) is 6.43. The van der Waals surface area contributed by atoms with Crippen LogP contribution in [0.4, 0.5) is 0 Å². The monoisotopic (exact) mass is 319 g/mol. The maximum atomic E-state index is 6.22. The van der Waals surface area contributed by atoms with Gasteiger partial charge in [0.25, 0.3) is 0 Å². The number of oxazole rings is 1. The van der Waals surface area contributed by atoms with Crippen LogP contribution in [0.25, 0.3) is 10.8 Å². The summed E-state index contributed by atoms with van der Waals surface area (Å²) in [6, 6.07) is 12.2. The molecule has 2 heterocycles. The molecular formula is C16H16ClN2OS+. The number of benzene rings is 1. The van der Waals surface area contributed by atoms with Crippen molar-refractivity contribution < 1.29 is 9.73 Å². The van der Waals surface area contributed by atoms with Crippen molar-refractivity contribution in [1.29, 1.82) is 0 Å². The molecule has 2 aromatic heterocycles. The largest absolute Gasteiger partial charge is 0.443 e. The van der Waals surface area contributed by atoms with Gasteiger partial charge in [0.2, 0.25) is 5.89 Å². The minimum Gasteiger partial charge on any atom is -0.443 e. The van der Waals surface area contributed by atoms with Gasteiger partial charge in [0.1, 0.15) is 24.5 Å². The quantitative estimate of drug-likeness (QED) is 0.775. The Bertz CT molecular complexity index is 709. The zero-order valence-electron chi connectivity index (χ0n) is 11.6. The van der Waals surface area contributed by atoms with Crippen LogP contribution < -0.4 is 5.32 Å². The Morgan fingerprint density at radius 1 is 1.29 bits per heavy atom. The number of nitrogens with two attached hydrogens (primary N) is 1. The van der Waals surface area contributed by atoms with Gasteiger partial charge in [-0.3, -0.25) is 0 Å². The molecule has 0 aliphatic heterocycles.